The quantitative estimate of drug-likeness (QED) is 0.386. The molecule has 0 unspecified atom stereocenters. The molecule has 2 atom stereocenters. The smallest absolute Gasteiger partial charge is 0.265 e. The summed E-state index contributed by atoms with van der Waals surface area (Å²) in [6.07, 6.45) is 1.17. The maximum absolute atomic E-state index is 13.4. The van der Waals surface area contributed by atoms with E-state index in [0.29, 0.717) is 27.4 Å². The fourth-order valence-electron chi connectivity index (χ4n) is 4.57. The fourth-order valence-corrected chi connectivity index (χ4v) is 6.52. The van der Waals surface area contributed by atoms with Crippen molar-refractivity contribution < 1.29 is 18.0 Å². The van der Waals surface area contributed by atoms with Crippen LogP contribution in [-0.4, -0.2) is 43.8 Å². The Hall–Kier alpha value is -3.10. The van der Waals surface area contributed by atoms with Gasteiger partial charge in [-0.1, -0.05) is 61.0 Å². The molecule has 2 amide bonds. The first-order chi connectivity index (χ1) is 17.6. The van der Waals surface area contributed by atoms with Gasteiger partial charge in [0, 0.05) is 36.0 Å². The van der Waals surface area contributed by atoms with Crippen LogP contribution in [0.5, 0.6) is 0 Å². The minimum atomic E-state index is -3.69. The Morgan fingerprint density at radius 1 is 1.03 bits per heavy atom. The molecule has 3 aromatic rings. The lowest BCUT2D eigenvalue weighted by molar-refractivity contribution is -0.140. The Morgan fingerprint density at radius 3 is 2.43 bits per heavy atom. The van der Waals surface area contributed by atoms with Crippen molar-refractivity contribution in [2.24, 2.45) is 0 Å². The Labute approximate surface area is 223 Å². The number of nitrogens with zero attached hydrogens (tertiary/aromatic N) is 2. The number of halogens is 1. The van der Waals surface area contributed by atoms with E-state index in [1.165, 1.54) is 9.21 Å². The van der Waals surface area contributed by atoms with Gasteiger partial charge in [0.2, 0.25) is 11.8 Å². The van der Waals surface area contributed by atoms with Gasteiger partial charge >= 0.3 is 0 Å². The third-order valence-corrected chi connectivity index (χ3v) is 9.12. The maximum atomic E-state index is 13.4. The van der Waals surface area contributed by atoms with E-state index in [1.54, 1.807) is 31.2 Å². The van der Waals surface area contributed by atoms with E-state index in [1.807, 2.05) is 50.2 Å². The standard InChI is InChI=1S/C28H32ClN3O4S/c1-4-19(2)30-28(34)20(3)31(18-22-10-5-6-13-23(22)29)26(33)16-9-17-32-24-14-7-11-21-12-8-15-25(27(21)24)37(32,35)36/h5-8,10-15,19-20H,4,9,16-18H2,1-3H3,(H,30,34)/t19-,20+/m0/s1. The van der Waals surface area contributed by atoms with Crippen LogP contribution in [-0.2, 0) is 26.2 Å². The lowest BCUT2D eigenvalue weighted by Crippen LogP contribution is -2.49. The van der Waals surface area contributed by atoms with Crippen LogP contribution in [0.2, 0.25) is 5.02 Å². The summed E-state index contributed by atoms with van der Waals surface area (Å²) in [4.78, 5) is 28.2. The van der Waals surface area contributed by atoms with Crippen molar-refractivity contribution >= 4 is 49.9 Å². The van der Waals surface area contributed by atoms with E-state index in [0.717, 1.165) is 17.4 Å². The molecule has 1 N–H and O–H groups in total. The summed E-state index contributed by atoms with van der Waals surface area (Å²) >= 11 is 6.36. The second-order valence-corrected chi connectivity index (χ2v) is 11.7. The van der Waals surface area contributed by atoms with Crippen LogP contribution >= 0.6 is 11.6 Å². The van der Waals surface area contributed by atoms with E-state index in [2.05, 4.69) is 5.32 Å². The Morgan fingerprint density at radius 2 is 1.73 bits per heavy atom. The molecule has 7 nitrogen and oxygen atoms in total. The predicted octanol–water partition coefficient (Wildman–Crippen LogP) is 5.11. The van der Waals surface area contributed by atoms with Crippen LogP contribution in [0, 0.1) is 0 Å². The number of hydrogen-bond acceptors (Lipinski definition) is 4. The highest BCUT2D eigenvalue weighted by Crippen LogP contribution is 2.42. The highest BCUT2D eigenvalue weighted by atomic mass is 35.5. The SMILES string of the molecule is CC[C@H](C)NC(=O)[C@@H](C)N(Cc1ccccc1Cl)C(=O)CCCN1c2cccc3cccc(c23)S1(=O)=O. The van der Waals surface area contributed by atoms with Gasteiger partial charge in [0.1, 0.15) is 6.04 Å². The highest BCUT2D eigenvalue weighted by Gasteiger charge is 2.35. The summed E-state index contributed by atoms with van der Waals surface area (Å²) in [5.41, 5.74) is 1.37. The molecule has 0 radical (unpaired) electrons. The van der Waals surface area contributed by atoms with Crippen LogP contribution in [0.3, 0.4) is 0 Å². The van der Waals surface area contributed by atoms with Crippen LogP contribution in [0.1, 0.15) is 45.6 Å². The first-order valence-electron chi connectivity index (χ1n) is 12.5. The van der Waals surface area contributed by atoms with Crippen molar-refractivity contribution in [3.63, 3.8) is 0 Å². The Balaban J connectivity index is 1.50. The average Bonchev–Trinajstić information content (AvgIpc) is 3.10. The average molecular weight is 542 g/mol. The summed E-state index contributed by atoms with van der Waals surface area (Å²) in [5, 5.41) is 5.04. The lowest BCUT2D eigenvalue weighted by Gasteiger charge is -2.30. The summed E-state index contributed by atoms with van der Waals surface area (Å²) in [7, 11) is -3.69. The summed E-state index contributed by atoms with van der Waals surface area (Å²) in [5.74, 6) is -0.474. The summed E-state index contributed by atoms with van der Waals surface area (Å²) < 4.78 is 27.9. The van der Waals surface area contributed by atoms with Crippen molar-refractivity contribution in [2.45, 2.75) is 63.6 Å². The van der Waals surface area contributed by atoms with Gasteiger partial charge in [-0.25, -0.2) is 8.42 Å². The monoisotopic (exact) mass is 541 g/mol. The summed E-state index contributed by atoms with van der Waals surface area (Å²) in [6, 6.07) is 17.3. The number of carbonyl (C=O) groups excluding carboxylic acids is 2. The number of hydrogen-bond donors (Lipinski definition) is 1. The Bertz CT molecular complexity index is 1420. The molecule has 4 rings (SSSR count). The van der Waals surface area contributed by atoms with Gasteiger partial charge in [-0.3, -0.25) is 13.9 Å². The second-order valence-electron chi connectivity index (χ2n) is 9.42. The van der Waals surface area contributed by atoms with Crippen molar-refractivity contribution in [2.75, 3.05) is 10.8 Å². The van der Waals surface area contributed by atoms with Gasteiger partial charge in [0.05, 0.1) is 10.6 Å². The third kappa shape index (κ3) is 5.45. The molecule has 3 aromatic carbocycles. The first-order valence-corrected chi connectivity index (χ1v) is 14.3. The topological polar surface area (TPSA) is 86.8 Å². The van der Waals surface area contributed by atoms with E-state index < -0.39 is 16.1 Å². The van der Waals surface area contributed by atoms with Crippen LogP contribution in [0.4, 0.5) is 5.69 Å². The number of anilines is 1. The molecular formula is C28H32ClN3O4S. The predicted molar refractivity (Wildman–Crippen MR) is 147 cm³/mol. The van der Waals surface area contributed by atoms with Gasteiger partial charge in [-0.2, -0.15) is 0 Å². The molecular weight excluding hydrogens is 510 g/mol. The van der Waals surface area contributed by atoms with Crippen LogP contribution in [0.15, 0.2) is 65.6 Å². The second kappa shape index (κ2) is 11.1. The molecule has 0 aliphatic carbocycles. The Kier molecular flexibility index (Phi) is 8.09. The minimum absolute atomic E-state index is 0.0167. The zero-order valence-electron chi connectivity index (χ0n) is 21.3. The third-order valence-electron chi connectivity index (χ3n) is 6.90. The zero-order valence-corrected chi connectivity index (χ0v) is 22.8. The normalized spacial score (nSPS) is 15.4. The van der Waals surface area contributed by atoms with E-state index in [-0.39, 0.29) is 37.4 Å². The molecule has 1 aliphatic heterocycles. The molecule has 0 spiro atoms. The van der Waals surface area contributed by atoms with Gasteiger partial charge < -0.3 is 10.2 Å². The zero-order chi connectivity index (χ0) is 26.7. The molecule has 0 saturated carbocycles. The van der Waals surface area contributed by atoms with Crippen LogP contribution in [0.25, 0.3) is 10.8 Å². The largest absolute Gasteiger partial charge is 0.352 e. The van der Waals surface area contributed by atoms with Gasteiger partial charge in [0.25, 0.3) is 10.0 Å². The van der Waals surface area contributed by atoms with Crippen LogP contribution < -0.4 is 9.62 Å². The molecule has 37 heavy (non-hydrogen) atoms. The van der Waals surface area contributed by atoms with Gasteiger partial charge in [-0.15, -0.1) is 0 Å². The van der Waals surface area contributed by atoms with Crippen molar-refractivity contribution in [1.82, 2.24) is 10.2 Å². The first kappa shape index (κ1) is 26.9. The lowest BCUT2D eigenvalue weighted by atomic mass is 10.1. The molecule has 0 saturated heterocycles. The summed E-state index contributed by atoms with van der Waals surface area (Å²) in [6.45, 7) is 5.94. The van der Waals surface area contributed by atoms with Crippen molar-refractivity contribution in [3.05, 3.63) is 71.2 Å². The molecule has 1 aliphatic rings. The molecule has 0 bridgehead atoms. The number of carbonyl (C=O) groups is 2. The number of benzene rings is 3. The molecule has 9 heteroatoms. The van der Waals surface area contributed by atoms with Gasteiger partial charge in [0.15, 0.2) is 0 Å². The van der Waals surface area contributed by atoms with Gasteiger partial charge in [-0.05, 0) is 55.8 Å². The molecule has 0 aromatic heterocycles. The number of sulfonamides is 1. The molecule has 196 valence electrons. The number of rotatable bonds is 10. The number of nitrogens with one attached hydrogen (secondary N) is 1. The number of amides is 2. The van der Waals surface area contributed by atoms with Crippen molar-refractivity contribution in [1.29, 1.82) is 0 Å². The van der Waals surface area contributed by atoms with E-state index in [4.69, 9.17) is 11.6 Å². The fraction of sp³-hybridized carbons (Fsp3) is 0.357. The van der Waals surface area contributed by atoms with E-state index in [9.17, 15) is 18.0 Å². The molecule has 1 heterocycles. The maximum Gasteiger partial charge on any atom is 0.265 e. The van der Waals surface area contributed by atoms with Crippen molar-refractivity contribution in [3.8, 4) is 0 Å². The highest BCUT2D eigenvalue weighted by molar-refractivity contribution is 7.93. The minimum Gasteiger partial charge on any atom is -0.352 e. The molecule has 0 fully saturated rings. The van der Waals surface area contributed by atoms with E-state index >= 15 is 0 Å².